The van der Waals surface area contributed by atoms with Gasteiger partial charge in [0.15, 0.2) is 0 Å². The van der Waals surface area contributed by atoms with Crippen molar-refractivity contribution in [2.24, 2.45) is 0 Å². The molecule has 21 heavy (non-hydrogen) atoms. The van der Waals surface area contributed by atoms with Crippen LogP contribution >= 0.6 is 23.4 Å². The third kappa shape index (κ3) is 3.22. The lowest BCUT2D eigenvalue weighted by atomic mass is 10.1. The van der Waals surface area contributed by atoms with Gasteiger partial charge >= 0.3 is 0 Å². The Balaban J connectivity index is 1.70. The fourth-order valence-corrected chi connectivity index (χ4v) is 4.02. The van der Waals surface area contributed by atoms with Gasteiger partial charge in [-0.1, -0.05) is 29.8 Å². The Hall–Kier alpha value is -1.53. The lowest BCUT2D eigenvalue weighted by Gasteiger charge is -2.19. The zero-order valence-corrected chi connectivity index (χ0v) is 12.9. The van der Waals surface area contributed by atoms with E-state index in [9.17, 15) is 4.79 Å². The number of amides is 1. The van der Waals surface area contributed by atoms with Gasteiger partial charge < -0.3 is 4.90 Å². The first kappa shape index (κ1) is 14.4. The molecule has 0 aliphatic carbocycles. The number of carbonyl (C=O) groups is 1. The Morgan fingerprint density at radius 1 is 1.38 bits per heavy atom. The van der Waals surface area contributed by atoms with Crippen molar-refractivity contribution in [2.45, 2.75) is 11.7 Å². The normalized spacial score (nSPS) is 19.3. The van der Waals surface area contributed by atoms with Crippen LogP contribution in [0.5, 0.6) is 0 Å². The zero-order valence-electron chi connectivity index (χ0n) is 11.3. The summed E-state index contributed by atoms with van der Waals surface area (Å²) in [4.78, 5) is 18.0. The Morgan fingerprint density at radius 3 is 3.00 bits per heavy atom. The van der Waals surface area contributed by atoms with Crippen molar-refractivity contribution < 1.29 is 4.79 Å². The largest absolute Gasteiger partial charge is 0.335 e. The van der Waals surface area contributed by atoms with E-state index in [4.69, 9.17) is 11.6 Å². The van der Waals surface area contributed by atoms with Gasteiger partial charge in [-0.25, -0.2) is 4.98 Å². The summed E-state index contributed by atoms with van der Waals surface area (Å²) in [6.07, 6.45) is 2.24. The number of benzene rings is 1. The number of thioether (sulfide) groups is 1. The first-order chi connectivity index (χ1) is 10.3. The van der Waals surface area contributed by atoms with E-state index in [1.165, 1.54) is 6.33 Å². The molecule has 1 amide bonds. The molecule has 0 spiro atoms. The first-order valence-corrected chi connectivity index (χ1v) is 8.19. The lowest BCUT2D eigenvalue weighted by molar-refractivity contribution is 0.0755. The Bertz CT molecular complexity index is 619. The second-order valence-corrected chi connectivity index (χ2v) is 6.51. The Morgan fingerprint density at radius 2 is 2.24 bits per heavy atom. The van der Waals surface area contributed by atoms with E-state index in [0.29, 0.717) is 24.2 Å². The van der Waals surface area contributed by atoms with Gasteiger partial charge in [0.2, 0.25) is 5.82 Å². The van der Waals surface area contributed by atoms with Crippen LogP contribution in [0, 0.1) is 0 Å². The van der Waals surface area contributed by atoms with Crippen molar-refractivity contribution in [1.82, 2.24) is 20.1 Å². The molecule has 0 bridgehead atoms. The van der Waals surface area contributed by atoms with Crippen LogP contribution in [0.2, 0.25) is 5.02 Å². The van der Waals surface area contributed by atoms with E-state index in [-0.39, 0.29) is 5.91 Å². The number of nitrogens with zero attached hydrogens (tertiary/aromatic N) is 3. The van der Waals surface area contributed by atoms with E-state index < -0.39 is 0 Å². The predicted molar refractivity (Wildman–Crippen MR) is 83.6 cm³/mol. The summed E-state index contributed by atoms with van der Waals surface area (Å²) in [6.45, 7) is 1.41. The molecule has 110 valence electrons. The molecule has 1 aliphatic rings. The van der Waals surface area contributed by atoms with Crippen LogP contribution in [0.4, 0.5) is 0 Å². The van der Waals surface area contributed by atoms with E-state index >= 15 is 0 Å². The second kappa shape index (κ2) is 6.49. The third-order valence-corrected chi connectivity index (χ3v) is 5.15. The highest BCUT2D eigenvalue weighted by Crippen LogP contribution is 2.37. The summed E-state index contributed by atoms with van der Waals surface area (Å²) in [5.74, 6) is 1.10. The number of rotatable bonds is 2. The van der Waals surface area contributed by atoms with E-state index in [1.54, 1.807) is 0 Å². The van der Waals surface area contributed by atoms with Crippen LogP contribution in [-0.4, -0.2) is 44.8 Å². The van der Waals surface area contributed by atoms with Crippen LogP contribution in [0.25, 0.3) is 0 Å². The SMILES string of the molecule is O=C(c1ncn[nH]1)N1CCS[C@@H](c2ccccc2Cl)CC1. The number of hydrogen-bond donors (Lipinski definition) is 1. The number of nitrogens with one attached hydrogen (secondary N) is 1. The highest BCUT2D eigenvalue weighted by Gasteiger charge is 2.25. The summed E-state index contributed by atoms with van der Waals surface area (Å²) in [5, 5.41) is 7.48. The molecular formula is C14H15ClN4OS. The molecule has 1 atom stereocenters. The first-order valence-electron chi connectivity index (χ1n) is 6.76. The van der Waals surface area contributed by atoms with Gasteiger partial charge in [-0.3, -0.25) is 9.89 Å². The Kier molecular flexibility index (Phi) is 4.45. The molecule has 1 N–H and O–H groups in total. The minimum atomic E-state index is -0.0899. The molecule has 0 radical (unpaired) electrons. The molecular weight excluding hydrogens is 308 g/mol. The highest BCUT2D eigenvalue weighted by molar-refractivity contribution is 7.99. The van der Waals surface area contributed by atoms with Crippen LogP contribution in [-0.2, 0) is 0 Å². The number of H-pyrrole nitrogens is 1. The summed E-state index contributed by atoms with van der Waals surface area (Å²) >= 11 is 8.12. The summed E-state index contributed by atoms with van der Waals surface area (Å²) in [7, 11) is 0. The topological polar surface area (TPSA) is 61.9 Å². The maximum Gasteiger partial charge on any atom is 0.291 e. The van der Waals surface area contributed by atoms with Gasteiger partial charge in [-0.2, -0.15) is 16.9 Å². The minimum absolute atomic E-state index is 0.0899. The lowest BCUT2D eigenvalue weighted by Crippen LogP contribution is -2.33. The molecule has 5 nitrogen and oxygen atoms in total. The summed E-state index contributed by atoms with van der Waals surface area (Å²) < 4.78 is 0. The van der Waals surface area contributed by atoms with E-state index in [1.807, 2.05) is 34.9 Å². The van der Waals surface area contributed by atoms with Crippen LogP contribution in [0.15, 0.2) is 30.6 Å². The van der Waals surface area contributed by atoms with Crippen LogP contribution < -0.4 is 0 Å². The highest BCUT2D eigenvalue weighted by atomic mass is 35.5. The van der Waals surface area contributed by atoms with Crippen molar-refractivity contribution in [3.05, 3.63) is 47.0 Å². The van der Waals surface area contributed by atoms with Gasteiger partial charge in [0, 0.05) is 29.1 Å². The summed E-state index contributed by atoms with van der Waals surface area (Å²) in [6, 6.07) is 7.92. The number of aromatic nitrogens is 3. The zero-order chi connectivity index (χ0) is 14.7. The maximum absolute atomic E-state index is 12.3. The molecule has 1 saturated heterocycles. The molecule has 1 fully saturated rings. The molecule has 3 rings (SSSR count). The maximum atomic E-state index is 12.3. The van der Waals surface area contributed by atoms with Crippen LogP contribution in [0.1, 0.15) is 27.9 Å². The van der Waals surface area contributed by atoms with E-state index in [2.05, 4.69) is 21.2 Å². The molecule has 2 heterocycles. The molecule has 1 aromatic carbocycles. The average Bonchev–Trinajstić information content (AvgIpc) is 2.92. The van der Waals surface area contributed by atoms with Crippen molar-refractivity contribution in [3.8, 4) is 0 Å². The monoisotopic (exact) mass is 322 g/mol. The van der Waals surface area contributed by atoms with Gasteiger partial charge in [0.05, 0.1) is 0 Å². The molecule has 0 saturated carbocycles. The van der Waals surface area contributed by atoms with Crippen LogP contribution in [0.3, 0.4) is 0 Å². The molecule has 1 aromatic heterocycles. The Labute approximate surface area is 132 Å². The predicted octanol–water partition coefficient (Wildman–Crippen LogP) is 2.78. The smallest absolute Gasteiger partial charge is 0.291 e. The minimum Gasteiger partial charge on any atom is -0.335 e. The molecule has 1 aliphatic heterocycles. The van der Waals surface area contributed by atoms with Crippen molar-refractivity contribution in [3.63, 3.8) is 0 Å². The molecule has 0 unspecified atom stereocenters. The van der Waals surface area contributed by atoms with Gasteiger partial charge in [-0.15, -0.1) is 0 Å². The van der Waals surface area contributed by atoms with Gasteiger partial charge in [0.1, 0.15) is 6.33 Å². The summed E-state index contributed by atoms with van der Waals surface area (Å²) in [5.41, 5.74) is 1.15. The number of hydrogen-bond acceptors (Lipinski definition) is 4. The molecule has 7 heteroatoms. The van der Waals surface area contributed by atoms with Gasteiger partial charge in [-0.05, 0) is 18.1 Å². The standard InChI is InChI=1S/C14H15ClN4OS/c15-11-4-2-1-3-10(11)12-5-6-19(7-8-21-12)14(20)13-16-9-17-18-13/h1-4,9,12H,5-8H2,(H,16,17,18)/t12-/m1/s1. The van der Waals surface area contributed by atoms with E-state index in [0.717, 1.165) is 22.8 Å². The fourth-order valence-electron chi connectivity index (χ4n) is 2.42. The number of halogens is 1. The van der Waals surface area contributed by atoms with Crippen molar-refractivity contribution in [2.75, 3.05) is 18.8 Å². The molecule has 2 aromatic rings. The van der Waals surface area contributed by atoms with Crippen molar-refractivity contribution in [1.29, 1.82) is 0 Å². The quantitative estimate of drug-likeness (QED) is 0.923. The fraction of sp³-hybridized carbons (Fsp3) is 0.357. The number of aromatic amines is 1. The third-order valence-electron chi connectivity index (χ3n) is 3.50. The second-order valence-electron chi connectivity index (χ2n) is 4.80. The average molecular weight is 323 g/mol. The van der Waals surface area contributed by atoms with Gasteiger partial charge in [0.25, 0.3) is 5.91 Å². The van der Waals surface area contributed by atoms with Crippen molar-refractivity contribution >= 4 is 29.3 Å². The number of carbonyl (C=O) groups excluding carboxylic acids is 1.